The van der Waals surface area contributed by atoms with Crippen LogP contribution in [-0.2, 0) is 20.0 Å². The molecule has 1 amide bonds. The van der Waals surface area contributed by atoms with Gasteiger partial charge in [0.05, 0.1) is 42.8 Å². The standard InChI is InChI=1S/C28H27F4N7O3/c1-27(26(41)28(30,31)32)8-4-9-39(27)25(40)21-13-18(20-6-5-16(29)14-33-20)23-17-12-19(24-34-36-37(2)35-24)22(42-3)11-15(17)7-10-38(21)23/h5-6,11-14,26,41H,4,7-10H2,1-3H3/t26-,27+/m1/s1. The third kappa shape index (κ3) is 4.40. The SMILES string of the molecule is COc1cc2c(cc1-c1nnn(C)n1)-c1c(-c3ccc(F)cn3)cc(C(=O)N3CCC[C@@]3(C)[C@@H](O)C(F)(F)F)n1CC2. The average Bonchev–Trinajstić information content (AvgIpc) is 3.68. The highest BCUT2D eigenvalue weighted by molar-refractivity contribution is 5.99. The monoisotopic (exact) mass is 585 g/mol. The fourth-order valence-corrected chi connectivity index (χ4v) is 6.09. The van der Waals surface area contributed by atoms with Gasteiger partial charge in [-0.05, 0) is 67.3 Å². The molecular formula is C28H27F4N7O3. The topological polar surface area (TPSA) is 111 Å². The van der Waals surface area contributed by atoms with Crippen molar-refractivity contribution in [3.8, 4) is 39.7 Å². The Bertz CT molecular complexity index is 1680. The molecule has 1 fully saturated rings. The molecule has 0 saturated carbocycles. The van der Waals surface area contributed by atoms with Crippen molar-refractivity contribution in [3.05, 3.63) is 53.6 Å². The highest BCUT2D eigenvalue weighted by Gasteiger charge is 2.56. The molecule has 1 N–H and O–H groups in total. The number of aryl methyl sites for hydroxylation is 2. The minimum Gasteiger partial charge on any atom is -0.496 e. The van der Waals surface area contributed by atoms with E-state index >= 15 is 0 Å². The summed E-state index contributed by atoms with van der Waals surface area (Å²) in [4.78, 5) is 20.7. The third-order valence-corrected chi connectivity index (χ3v) is 8.18. The molecule has 0 unspecified atom stereocenters. The number of tetrazole rings is 1. The lowest BCUT2D eigenvalue weighted by Gasteiger charge is -2.40. The summed E-state index contributed by atoms with van der Waals surface area (Å²) in [6.45, 7) is 1.66. The van der Waals surface area contributed by atoms with Crippen molar-refractivity contribution in [2.75, 3.05) is 13.7 Å². The molecular weight excluding hydrogens is 558 g/mol. The number of hydrogen-bond donors (Lipinski definition) is 1. The quantitative estimate of drug-likeness (QED) is 0.352. The van der Waals surface area contributed by atoms with Gasteiger partial charge in [0.15, 0.2) is 6.10 Å². The fourth-order valence-electron chi connectivity index (χ4n) is 6.09. The highest BCUT2D eigenvalue weighted by atomic mass is 19.4. The van der Waals surface area contributed by atoms with Gasteiger partial charge in [0.1, 0.15) is 17.3 Å². The van der Waals surface area contributed by atoms with Crippen LogP contribution in [0.4, 0.5) is 17.6 Å². The number of aromatic nitrogens is 6. The van der Waals surface area contributed by atoms with E-state index in [-0.39, 0.29) is 18.7 Å². The van der Waals surface area contributed by atoms with Crippen LogP contribution < -0.4 is 4.74 Å². The van der Waals surface area contributed by atoms with Crippen LogP contribution in [0.15, 0.2) is 36.5 Å². The number of aliphatic hydroxyl groups is 1. The van der Waals surface area contributed by atoms with E-state index in [4.69, 9.17) is 4.74 Å². The number of rotatable bonds is 5. The molecule has 0 bridgehead atoms. The highest BCUT2D eigenvalue weighted by Crippen LogP contribution is 2.45. The zero-order chi connectivity index (χ0) is 30.0. The first kappa shape index (κ1) is 27.8. The Morgan fingerprint density at radius 3 is 2.57 bits per heavy atom. The van der Waals surface area contributed by atoms with E-state index in [9.17, 15) is 27.5 Å². The fraction of sp³-hybridized carbons (Fsp3) is 0.393. The Morgan fingerprint density at radius 2 is 1.93 bits per heavy atom. The van der Waals surface area contributed by atoms with E-state index in [0.717, 1.165) is 16.7 Å². The molecule has 2 aliphatic heterocycles. The summed E-state index contributed by atoms with van der Waals surface area (Å²) in [5.41, 5.74) is 1.93. The van der Waals surface area contributed by atoms with E-state index < -0.39 is 29.5 Å². The first-order valence-electron chi connectivity index (χ1n) is 13.3. The van der Waals surface area contributed by atoms with E-state index in [1.807, 2.05) is 12.1 Å². The van der Waals surface area contributed by atoms with Crippen molar-refractivity contribution in [2.24, 2.45) is 7.05 Å². The summed E-state index contributed by atoms with van der Waals surface area (Å²) in [6, 6.07) is 7.99. The van der Waals surface area contributed by atoms with Crippen LogP contribution >= 0.6 is 0 Å². The van der Waals surface area contributed by atoms with Crippen molar-refractivity contribution >= 4 is 5.91 Å². The molecule has 1 aromatic carbocycles. The molecule has 1 saturated heterocycles. The number of amides is 1. The summed E-state index contributed by atoms with van der Waals surface area (Å²) in [5.74, 6) is -0.347. The first-order valence-corrected chi connectivity index (χ1v) is 13.3. The van der Waals surface area contributed by atoms with Crippen molar-refractivity contribution in [1.29, 1.82) is 0 Å². The second-order valence-corrected chi connectivity index (χ2v) is 10.7. The minimum absolute atomic E-state index is 0.00352. The van der Waals surface area contributed by atoms with Gasteiger partial charge < -0.3 is 19.3 Å². The van der Waals surface area contributed by atoms with Gasteiger partial charge in [-0.3, -0.25) is 9.78 Å². The maximum atomic E-state index is 14.1. The number of likely N-dealkylation sites (tertiary alicyclic amines) is 1. The van der Waals surface area contributed by atoms with Gasteiger partial charge in [0, 0.05) is 24.2 Å². The summed E-state index contributed by atoms with van der Waals surface area (Å²) >= 11 is 0. The van der Waals surface area contributed by atoms with Crippen LogP contribution in [-0.4, -0.2) is 77.1 Å². The van der Waals surface area contributed by atoms with Gasteiger partial charge in [0.2, 0.25) is 5.82 Å². The van der Waals surface area contributed by atoms with E-state index in [1.165, 1.54) is 31.0 Å². The van der Waals surface area contributed by atoms with Crippen molar-refractivity contribution < 1.29 is 32.2 Å². The van der Waals surface area contributed by atoms with Crippen LogP contribution in [0.25, 0.3) is 33.9 Å². The Balaban J connectivity index is 1.54. The molecule has 220 valence electrons. The molecule has 10 nitrogen and oxygen atoms in total. The molecule has 5 heterocycles. The lowest BCUT2D eigenvalue weighted by atomic mass is 9.90. The largest absolute Gasteiger partial charge is 0.496 e. The van der Waals surface area contributed by atoms with Crippen LogP contribution in [0, 0.1) is 5.82 Å². The Morgan fingerprint density at radius 1 is 1.14 bits per heavy atom. The number of carbonyl (C=O) groups is 1. The summed E-state index contributed by atoms with van der Waals surface area (Å²) < 4.78 is 62.2. The second kappa shape index (κ2) is 9.89. The predicted octanol–water partition coefficient (Wildman–Crippen LogP) is 4.03. The molecule has 3 aromatic heterocycles. The molecule has 0 aliphatic carbocycles. The minimum atomic E-state index is -4.90. The van der Waals surface area contributed by atoms with Crippen LogP contribution in [0.3, 0.4) is 0 Å². The number of hydrogen-bond acceptors (Lipinski definition) is 7. The van der Waals surface area contributed by atoms with E-state index in [1.54, 1.807) is 17.7 Å². The molecule has 14 heteroatoms. The van der Waals surface area contributed by atoms with Gasteiger partial charge in [-0.15, -0.1) is 10.2 Å². The van der Waals surface area contributed by atoms with Gasteiger partial charge in [-0.1, -0.05) is 0 Å². The zero-order valence-corrected chi connectivity index (χ0v) is 23.0. The van der Waals surface area contributed by atoms with Gasteiger partial charge in [-0.2, -0.15) is 18.0 Å². The molecule has 0 radical (unpaired) electrons. The molecule has 0 spiro atoms. The molecule has 6 rings (SSSR count). The number of methoxy groups -OCH3 is 1. The predicted molar refractivity (Wildman–Crippen MR) is 142 cm³/mol. The Labute approximate surface area is 237 Å². The molecule has 4 aromatic rings. The number of aliphatic hydroxyl groups excluding tert-OH is 1. The zero-order valence-electron chi connectivity index (χ0n) is 23.0. The van der Waals surface area contributed by atoms with Crippen LogP contribution in [0.1, 0.15) is 35.8 Å². The van der Waals surface area contributed by atoms with Crippen molar-refractivity contribution in [2.45, 2.75) is 50.6 Å². The number of halogens is 4. The smallest absolute Gasteiger partial charge is 0.416 e. The summed E-state index contributed by atoms with van der Waals surface area (Å²) in [7, 11) is 3.16. The van der Waals surface area contributed by atoms with Crippen LogP contribution in [0.5, 0.6) is 5.75 Å². The first-order chi connectivity index (χ1) is 19.9. The number of pyridine rings is 1. The molecule has 2 aliphatic rings. The Kier molecular flexibility index (Phi) is 6.55. The number of carbonyl (C=O) groups excluding carboxylic acids is 1. The van der Waals surface area contributed by atoms with E-state index in [2.05, 4.69) is 20.4 Å². The van der Waals surface area contributed by atoms with Gasteiger partial charge in [0.25, 0.3) is 5.91 Å². The average molecular weight is 586 g/mol. The number of fused-ring (bicyclic) bond motifs is 3. The number of benzene rings is 1. The summed E-state index contributed by atoms with van der Waals surface area (Å²) in [5, 5.41) is 22.6. The van der Waals surface area contributed by atoms with Crippen LogP contribution in [0.2, 0.25) is 0 Å². The Hall–Kier alpha value is -4.33. The second-order valence-electron chi connectivity index (χ2n) is 10.7. The van der Waals surface area contributed by atoms with Gasteiger partial charge in [-0.25, -0.2) is 4.39 Å². The van der Waals surface area contributed by atoms with Gasteiger partial charge >= 0.3 is 6.18 Å². The summed E-state index contributed by atoms with van der Waals surface area (Å²) in [6.07, 6.45) is -5.75. The van der Waals surface area contributed by atoms with Crippen molar-refractivity contribution in [1.82, 2.24) is 34.7 Å². The molecule has 2 atom stereocenters. The normalized spacial score (nSPS) is 19.0. The lowest BCUT2D eigenvalue weighted by molar-refractivity contribution is -0.232. The third-order valence-electron chi connectivity index (χ3n) is 8.18. The maximum Gasteiger partial charge on any atom is 0.416 e. The maximum absolute atomic E-state index is 14.1. The number of alkyl halides is 3. The van der Waals surface area contributed by atoms with Crippen molar-refractivity contribution in [3.63, 3.8) is 0 Å². The number of ether oxygens (including phenoxy) is 1. The number of nitrogens with zero attached hydrogens (tertiary/aromatic N) is 7. The van der Waals surface area contributed by atoms with E-state index in [0.29, 0.717) is 59.0 Å². The lowest BCUT2D eigenvalue weighted by Crippen LogP contribution is -2.58. The molecule has 42 heavy (non-hydrogen) atoms.